The van der Waals surface area contributed by atoms with Crippen LogP contribution in [0.3, 0.4) is 0 Å². The molecule has 0 aliphatic heterocycles. The van der Waals surface area contributed by atoms with Crippen molar-refractivity contribution < 1.29 is 4.79 Å². The molecule has 98 valence electrons. The molecule has 0 saturated heterocycles. The van der Waals surface area contributed by atoms with E-state index in [0.717, 1.165) is 9.75 Å². The molecule has 1 unspecified atom stereocenters. The van der Waals surface area contributed by atoms with Crippen LogP contribution in [0, 0.1) is 5.41 Å². The van der Waals surface area contributed by atoms with Gasteiger partial charge in [-0.15, -0.1) is 11.3 Å². The average molecular weight is 272 g/mol. The van der Waals surface area contributed by atoms with Gasteiger partial charge in [-0.3, -0.25) is 10.2 Å². The highest BCUT2D eigenvalue weighted by atomic mass is 32.1. The number of rotatable bonds is 5. The molecule has 1 heterocycles. The van der Waals surface area contributed by atoms with Gasteiger partial charge < -0.3 is 5.73 Å². The van der Waals surface area contributed by atoms with Crippen LogP contribution >= 0.6 is 11.3 Å². The van der Waals surface area contributed by atoms with Crippen LogP contribution in [0.25, 0.3) is 0 Å². The molecule has 4 heteroatoms. The first-order chi connectivity index (χ1) is 9.08. The van der Waals surface area contributed by atoms with Crippen LogP contribution in [0.15, 0.2) is 42.5 Å². The van der Waals surface area contributed by atoms with Crippen LogP contribution < -0.4 is 5.73 Å². The van der Waals surface area contributed by atoms with Crippen molar-refractivity contribution in [2.24, 2.45) is 5.73 Å². The number of thiophene rings is 1. The average Bonchev–Trinajstić information content (AvgIpc) is 2.88. The summed E-state index contributed by atoms with van der Waals surface area (Å²) in [5, 5.41) is 7.32. The Morgan fingerprint density at radius 1 is 1.26 bits per heavy atom. The maximum Gasteiger partial charge on any atom is 0.202 e. The van der Waals surface area contributed by atoms with Gasteiger partial charge in [-0.1, -0.05) is 37.3 Å². The first-order valence-electron chi connectivity index (χ1n) is 6.10. The second-order valence-electron chi connectivity index (χ2n) is 4.53. The monoisotopic (exact) mass is 272 g/mol. The molecule has 0 spiro atoms. The Morgan fingerprint density at radius 3 is 2.58 bits per heavy atom. The van der Waals surface area contributed by atoms with Crippen molar-refractivity contribution in [2.45, 2.75) is 19.3 Å². The SMILES string of the molecule is CC(CC(=N)N)c1ccc(C(=O)c2ccccc2)s1. The molecule has 2 aromatic rings. The Kier molecular flexibility index (Phi) is 4.12. The summed E-state index contributed by atoms with van der Waals surface area (Å²) in [7, 11) is 0. The Morgan fingerprint density at radius 2 is 1.95 bits per heavy atom. The molecule has 0 aliphatic rings. The van der Waals surface area contributed by atoms with Crippen LogP contribution in [-0.2, 0) is 0 Å². The largest absolute Gasteiger partial charge is 0.388 e. The van der Waals surface area contributed by atoms with Gasteiger partial charge in [-0.25, -0.2) is 0 Å². The molecule has 0 amide bonds. The summed E-state index contributed by atoms with van der Waals surface area (Å²) in [6, 6.07) is 13.1. The maximum atomic E-state index is 12.2. The number of hydrogen-bond donors (Lipinski definition) is 2. The molecule has 2 rings (SSSR count). The van der Waals surface area contributed by atoms with Gasteiger partial charge in [-0.05, 0) is 18.1 Å². The Hall–Kier alpha value is -1.94. The van der Waals surface area contributed by atoms with E-state index in [2.05, 4.69) is 0 Å². The van der Waals surface area contributed by atoms with Crippen molar-refractivity contribution in [1.29, 1.82) is 5.41 Å². The van der Waals surface area contributed by atoms with Crippen LogP contribution in [0.1, 0.15) is 39.4 Å². The normalized spacial score (nSPS) is 12.1. The van der Waals surface area contributed by atoms with Gasteiger partial charge in [0, 0.05) is 16.9 Å². The van der Waals surface area contributed by atoms with Crippen LogP contribution in [0.5, 0.6) is 0 Å². The maximum absolute atomic E-state index is 12.2. The fourth-order valence-corrected chi connectivity index (χ4v) is 2.92. The van der Waals surface area contributed by atoms with Crippen molar-refractivity contribution in [3.63, 3.8) is 0 Å². The minimum atomic E-state index is 0.0480. The minimum Gasteiger partial charge on any atom is -0.388 e. The Bertz CT molecular complexity index is 589. The fraction of sp³-hybridized carbons (Fsp3) is 0.200. The summed E-state index contributed by atoms with van der Waals surface area (Å²) in [5.74, 6) is 0.406. The highest BCUT2D eigenvalue weighted by Crippen LogP contribution is 2.28. The third-order valence-electron chi connectivity index (χ3n) is 2.90. The molecule has 0 bridgehead atoms. The topological polar surface area (TPSA) is 66.9 Å². The van der Waals surface area contributed by atoms with Crippen LogP contribution in [-0.4, -0.2) is 11.6 Å². The number of carbonyl (C=O) groups is 1. The van der Waals surface area contributed by atoms with Gasteiger partial charge in [-0.2, -0.15) is 0 Å². The lowest BCUT2D eigenvalue weighted by atomic mass is 10.1. The third-order valence-corrected chi connectivity index (χ3v) is 4.21. The second-order valence-corrected chi connectivity index (χ2v) is 5.64. The quantitative estimate of drug-likeness (QED) is 0.497. The smallest absolute Gasteiger partial charge is 0.202 e. The predicted molar refractivity (Wildman–Crippen MR) is 79.1 cm³/mol. The summed E-state index contributed by atoms with van der Waals surface area (Å²) >= 11 is 1.48. The molecular weight excluding hydrogens is 256 g/mol. The Balaban J connectivity index is 2.17. The zero-order valence-corrected chi connectivity index (χ0v) is 11.5. The molecule has 3 nitrogen and oxygen atoms in total. The van der Waals surface area contributed by atoms with E-state index in [9.17, 15) is 4.79 Å². The van der Waals surface area contributed by atoms with Crippen molar-refractivity contribution in [2.75, 3.05) is 0 Å². The molecule has 0 saturated carbocycles. The predicted octanol–water partition coefficient (Wildman–Crippen LogP) is 3.41. The van der Waals surface area contributed by atoms with E-state index in [4.69, 9.17) is 11.1 Å². The van der Waals surface area contributed by atoms with Gasteiger partial charge in [0.1, 0.15) is 0 Å². The van der Waals surface area contributed by atoms with E-state index in [1.807, 2.05) is 49.4 Å². The first-order valence-corrected chi connectivity index (χ1v) is 6.92. The molecule has 3 N–H and O–H groups in total. The molecule has 0 radical (unpaired) electrons. The van der Waals surface area contributed by atoms with Gasteiger partial charge in [0.25, 0.3) is 0 Å². The summed E-state index contributed by atoms with van der Waals surface area (Å²) in [6.45, 7) is 2.02. The summed E-state index contributed by atoms with van der Waals surface area (Å²) in [6.07, 6.45) is 0.527. The van der Waals surface area contributed by atoms with E-state index in [1.54, 1.807) is 0 Å². The van der Waals surface area contributed by atoms with Crippen molar-refractivity contribution >= 4 is 23.0 Å². The molecular formula is C15H16N2OS. The number of hydrogen-bond acceptors (Lipinski definition) is 3. The minimum absolute atomic E-state index is 0.0480. The second kappa shape index (κ2) is 5.80. The van der Waals surface area contributed by atoms with Crippen molar-refractivity contribution in [3.05, 3.63) is 57.8 Å². The van der Waals surface area contributed by atoms with E-state index in [-0.39, 0.29) is 17.5 Å². The van der Waals surface area contributed by atoms with Crippen molar-refractivity contribution in [1.82, 2.24) is 0 Å². The lowest BCUT2D eigenvalue weighted by molar-refractivity contribution is 0.104. The number of benzene rings is 1. The fourth-order valence-electron chi connectivity index (χ4n) is 1.90. The van der Waals surface area contributed by atoms with Gasteiger partial charge in [0.15, 0.2) is 0 Å². The summed E-state index contributed by atoms with van der Waals surface area (Å²) in [5.41, 5.74) is 6.11. The molecule has 1 aromatic carbocycles. The third kappa shape index (κ3) is 3.29. The van der Waals surface area contributed by atoms with Crippen LogP contribution in [0.2, 0.25) is 0 Å². The van der Waals surface area contributed by atoms with Gasteiger partial charge in [0.2, 0.25) is 5.78 Å². The number of nitrogens with one attached hydrogen (secondary N) is 1. The number of amidine groups is 1. The number of ketones is 1. The summed E-state index contributed by atoms with van der Waals surface area (Å²) < 4.78 is 0. The lowest BCUT2D eigenvalue weighted by Crippen LogP contribution is -2.12. The van der Waals surface area contributed by atoms with Crippen LogP contribution in [0.4, 0.5) is 0 Å². The lowest BCUT2D eigenvalue weighted by Gasteiger charge is -2.06. The highest BCUT2D eigenvalue weighted by molar-refractivity contribution is 7.14. The first kappa shape index (κ1) is 13.5. The van der Waals surface area contributed by atoms with E-state index >= 15 is 0 Å². The van der Waals surface area contributed by atoms with Crippen molar-refractivity contribution in [3.8, 4) is 0 Å². The number of nitrogens with two attached hydrogens (primary N) is 1. The number of carbonyl (C=O) groups excluding carboxylic acids is 1. The van der Waals surface area contributed by atoms with Gasteiger partial charge >= 0.3 is 0 Å². The highest BCUT2D eigenvalue weighted by Gasteiger charge is 2.15. The zero-order valence-electron chi connectivity index (χ0n) is 10.7. The standard InChI is InChI=1S/C15H16N2OS/c1-10(9-14(16)17)12-7-8-13(19-12)15(18)11-5-3-2-4-6-11/h2-8,10H,9H2,1H3,(H3,16,17). The summed E-state index contributed by atoms with van der Waals surface area (Å²) in [4.78, 5) is 14.1. The molecule has 0 aliphatic carbocycles. The van der Waals surface area contributed by atoms with E-state index in [1.165, 1.54) is 11.3 Å². The van der Waals surface area contributed by atoms with Gasteiger partial charge in [0.05, 0.1) is 10.7 Å². The Labute approximate surface area is 116 Å². The molecule has 0 fully saturated rings. The molecule has 19 heavy (non-hydrogen) atoms. The van der Waals surface area contributed by atoms with E-state index in [0.29, 0.717) is 12.0 Å². The zero-order chi connectivity index (χ0) is 13.8. The molecule has 1 atom stereocenters. The molecule has 1 aromatic heterocycles. The van der Waals surface area contributed by atoms with E-state index < -0.39 is 0 Å².